The van der Waals surface area contributed by atoms with E-state index in [2.05, 4.69) is 10.3 Å². The zero-order valence-corrected chi connectivity index (χ0v) is 19.7. The van der Waals surface area contributed by atoms with Crippen LogP contribution in [-0.4, -0.2) is 53.4 Å². The number of nitrogens with two attached hydrogens (primary N) is 1. The van der Waals surface area contributed by atoms with Crippen molar-refractivity contribution in [2.24, 2.45) is 0 Å². The van der Waals surface area contributed by atoms with Gasteiger partial charge < -0.3 is 20.7 Å². The van der Waals surface area contributed by atoms with Gasteiger partial charge in [0, 0.05) is 43.3 Å². The number of amides is 1. The number of benzene rings is 1. The first-order valence-corrected chi connectivity index (χ1v) is 11.1. The van der Waals surface area contributed by atoms with Crippen LogP contribution in [0.15, 0.2) is 55.0 Å². The molecular weight excluding hydrogens is 454 g/mol. The van der Waals surface area contributed by atoms with Gasteiger partial charge in [-0.1, -0.05) is 6.07 Å². The second-order valence-corrected chi connectivity index (χ2v) is 8.86. The SMILES string of the molecule is COC(=O)c1cccc2c1c(C(=O)c1ccc(CNc3ccncc3N)s1)cn2C(=O)N(C)C. The summed E-state index contributed by atoms with van der Waals surface area (Å²) in [4.78, 5) is 45.5. The lowest BCUT2D eigenvalue weighted by Crippen LogP contribution is -2.26. The molecule has 0 aliphatic heterocycles. The van der Waals surface area contributed by atoms with E-state index in [0.29, 0.717) is 28.0 Å². The number of thiophene rings is 1. The zero-order chi connectivity index (χ0) is 24.4. The molecule has 0 bridgehead atoms. The van der Waals surface area contributed by atoms with Gasteiger partial charge in [0.2, 0.25) is 5.78 Å². The second-order valence-electron chi connectivity index (χ2n) is 7.69. The fourth-order valence-electron chi connectivity index (χ4n) is 3.59. The molecule has 0 saturated heterocycles. The fourth-order valence-corrected chi connectivity index (χ4v) is 4.49. The number of carbonyl (C=O) groups excluding carboxylic acids is 3. The van der Waals surface area contributed by atoms with Crippen LogP contribution in [-0.2, 0) is 11.3 Å². The summed E-state index contributed by atoms with van der Waals surface area (Å²) in [6.45, 7) is 0.473. The normalized spacial score (nSPS) is 10.8. The van der Waals surface area contributed by atoms with Gasteiger partial charge >= 0.3 is 12.0 Å². The summed E-state index contributed by atoms with van der Waals surface area (Å²) < 4.78 is 6.29. The molecule has 9 nitrogen and oxygen atoms in total. The van der Waals surface area contributed by atoms with Crippen LogP contribution in [0.2, 0.25) is 0 Å². The molecule has 1 aromatic carbocycles. The summed E-state index contributed by atoms with van der Waals surface area (Å²) in [5.41, 5.74) is 8.14. The van der Waals surface area contributed by atoms with Crippen LogP contribution in [0.1, 0.15) is 30.5 Å². The monoisotopic (exact) mass is 477 g/mol. The van der Waals surface area contributed by atoms with Crippen molar-refractivity contribution in [1.29, 1.82) is 0 Å². The van der Waals surface area contributed by atoms with Gasteiger partial charge in [-0.25, -0.2) is 9.59 Å². The molecular formula is C24H23N5O4S. The molecule has 0 spiro atoms. The van der Waals surface area contributed by atoms with Gasteiger partial charge in [0.1, 0.15) is 0 Å². The maximum Gasteiger partial charge on any atom is 0.338 e. The molecule has 4 rings (SSSR count). The van der Waals surface area contributed by atoms with Crippen molar-refractivity contribution in [3.63, 3.8) is 0 Å². The molecule has 0 atom stereocenters. The summed E-state index contributed by atoms with van der Waals surface area (Å²) in [5.74, 6) is -0.868. The predicted molar refractivity (Wildman–Crippen MR) is 131 cm³/mol. The maximum atomic E-state index is 13.5. The number of ether oxygens (including phenoxy) is 1. The average molecular weight is 478 g/mol. The third-order valence-electron chi connectivity index (χ3n) is 5.26. The Bertz CT molecular complexity index is 1410. The average Bonchev–Trinajstić information content (AvgIpc) is 3.47. The minimum Gasteiger partial charge on any atom is -0.465 e. The van der Waals surface area contributed by atoms with Gasteiger partial charge in [-0.3, -0.25) is 14.3 Å². The molecule has 3 heterocycles. The minimum atomic E-state index is -0.583. The van der Waals surface area contributed by atoms with E-state index in [9.17, 15) is 14.4 Å². The Labute approximate surface area is 199 Å². The van der Waals surface area contributed by atoms with Crippen molar-refractivity contribution in [2.75, 3.05) is 32.3 Å². The van der Waals surface area contributed by atoms with E-state index in [1.807, 2.05) is 6.07 Å². The molecule has 3 N–H and O–H groups in total. The Balaban J connectivity index is 1.72. The lowest BCUT2D eigenvalue weighted by Gasteiger charge is -2.11. The predicted octanol–water partition coefficient (Wildman–Crippen LogP) is 3.84. The van der Waals surface area contributed by atoms with E-state index >= 15 is 0 Å². The lowest BCUT2D eigenvalue weighted by molar-refractivity contribution is 0.0603. The van der Waals surface area contributed by atoms with Gasteiger partial charge in [0.05, 0.1) is 46.2 Å². The largest absolute Gasteiger partial charge is 0.465 e. The van der Waals surface area contributed by atoms with Crippen LogP contribution in [0.25, 0.3) is 10.9 Å². The summed E-state index contributed by atoms with van der Waals surface area (Å²) in [5, 5.41) is 3.61. The number of aromatic nitrogens is 2. The molecule has 174 valence electrons. The van der Waals surface area contributed by atoms with Crippen LogP contribution < -0.4 is 11.1 Å². The van der Waals surface area contributed by atoms with E-state index < -0.39 is 5.97 Å². The second kappa shape index (κ2) is 9.36. The number of nitrogens with one attached hydrogen (secondary N) is 1. The van der Waals surface area contributed by atoms with E-state index in [0.717, 1.165) is 10.6 Å². The van der Waals surface area contributed by atoms with E-state index in [-0.39, 0.29) is 22.9 Å². The van der Waals surface area contributed by atoms with Crippen molar-refractivity contribution in [3.8, 4) is 0 Å². The summed E-state index contributed by atoms with van der Waals surface area (Å²) in [7, 11) is 4.51. The number of esters is 1. The number of anilines is 2. The number of hydrogen-bond acceptors (Lipinski definition) is 8. The van der Waals surface area contributed by atoms with Crippen LogP contribution in [0, 0.1) is 0 Å². The molecule has 0 saturated carbocycles. The van der Waals surface area contributed by atoms with Crippen molar-refractivity contribution in [2.45, 2.75) is 6.54 Å². The van der Waals surface area contributed by atoms with Crippen LogP contribution in [0.5, 0.6) is 0 Å². The number of carbonyl (C=O) groups is 3. The lowest BCUT2D eigenvalue weighted by atomic mass is 10.0. The van der Waals surface area contributed by atoms with Crippen molar-refractivity contribution in [3.05, 3.63) is 75.9 Å². The van der Waals surface area contributed by atoms with Gasteiger partial charge in [-0.15, -0.1) is 11.3 Å². The first kappa shape index (κ1) is 23.0. The first-order chi connectivity index (χ1) is 16.3. The summed E-state index contributed by atoms with van der Waals surface area (Å²) in [6.07, 6.45) is 4.69. The van der Waals surface area contributed by atoms with Crippen molar-refractivity contribution < 1.29 is 19.1 Å². The molecule has 3 aromatic heterocycles. The number of hydrogen-bond donors (Lipinski definition) is 2. The summed E-state index contributed by atoms with van der Waals surface area (Å²) >= 11 is 1.32. The highest BCUT2D eigenvalue weighted by Crippen LogP contribution is 2.30. The topological polar surface area (TPSA) is 120 Å². The molecule has 34 heavy (non-hydrogen) atoms. The van der Waals surface area contributed by atoms with E-state index in [1.165, 1.54) is 34.1 Å². The third kappa shape index (κ3) is 4.23. The molecule has 0 fully saturated rings. The number of fused-ring (bicyclic) bond motifs is 1. The molecule has 1 amide bonds. The maximum absolute atomic E-state index is 13.5. The Morgan fingerprint density at radius 1 is 1.15 bits per heavy atom. The molecule has 4 aromatic rings. The number of methoxy groups -OCH3 is 1. The van der Waals surface area contributed by atoms with E-state index in [4.69, 9.17) is 10.5 Å². The van der Waals surface area contributed by atoms with Crippen LogP contribution >= 0.6 is 11.3 Å². The Morgan fingerprint density at radius 3 is 2.65 bits per heavy atom. The van der Waals surface area contributed by atoms with Crippen molar-refractivity contribution in [1.82, 2.24) is 14.5 Å². The van der Waals surface area contributed by atoms with E-state index in [1.54, 1.807) is 56.8 Å². The summed E-state index contributed by atoms with van der Waals surface area (Å²) in [6, 6.07) is 9.96. The quantitative estimate of drug-likeness (QED) is 0.320. The molecule has 0 aliphatic rings. The fraction of sp³-hybridized carbons (Fsp3) is 0.167. The van der Waals surface area contributed by atoms with Crippen LogP contribution in [0.3, 0.4) is 0 Å². The highest BCUT2D eigenvalue weighted by Gasteiger charge is 2.25. The minimum absolute atomic E-state index is 0.222. The Kier molecular flexibility index (Phi) is 6.33. The molecule has 0 unspecified atom stereocenters. The molecule has 0 radical (unpaired) electrons. The Hall–Kier alpha value is -4.18. The number of ketones is 1. The number of rotatable bonds is 6. The highest BCUT2D eigenvalue weighted by atomic mass is 32.1. The molecule has 10 heteroatoms. The Morgan fingerprint density at radius 2 is 1.94 bits per heavy atom. The third-order valence-corrected chi connectivity index (χ3v) is 6.34. The zero-order valence-electron chi connectivity index (χ0n) is 18.9. The highest BCUT2D eigenvalue weighted by molar-refractivity contribution is 7.14. The number of nitrogen functional groups attached to an aromatic ring is 1. The number of nitrogens with zero attached hydrogens (tertiary/aromatic N) is 3. The van der Waals surface area contributed by atoms with Gasteiger partial charge in [0.15, 0.2) is 0 Å². The van der Waals surface area contributed by atoms with Gasteiger partial charge in [-0.05, 0) is 30.3 Å². The molecule has 0 aliphatic carbocycles. The standard InChI is InChI=1S/C24H23N5O4S/c1-28(2)24(32)29-13-16(21-15(23(31)33-3)5-4-6-19(21)29)22(30)20-8-7-14(34-20)11-27-18-9-10-26-12-17(18)25/h4-10,12-13H,11,25H2,1-3H3,(H,26,27). The van der Waals surface area contributed by atoms with Gasteiger partial charge in [-0.2, -0.15) is 0 Å². The van der Waals surface area contributed by atoms with Gasteiger partial charge in [0.25, 0.3) is 0 Å². The van der Waals surface area contributed by atoms with Crippen molar-refractivity contribution >= 4 is 51.4 Å². The smallest absolute Gasteiger partial charge is 0.338 e. The van der Waals surface area contributed by atoms with Crippen LogP contribution in [0.4, 0.5) is 16.2 Å². The number of pyridine rings is 1. The first-order valence-electron chi connectivity index (χ1n) is 10.3.